The topological polar surface area (TPSA) is 161 Å². The Bertz CT molecular complexity index is 1410. The average molecular weight is 773 g/mol. The van der Waals surface area contributed by atoms with Gasteiger partial charge < -0.3 is 44.8 Å². The quantitative estimate of drug-likeness (QED) is 0.206. The van der Waals surface area contributed by atoms with Crippen LogP contribution in [0.25, 0.3) is 0 Å². The van der Waals surface area contributed by atoms with Gasteiger partial charge in [-0.1, -0.05) is 71.4 Å². The number of nitrogens with zero attached hydrogens (tertiary/aromatic N) is 4. The lowest BCUT2D eigenvalue weighted by molar-refractivity contribution is -0.147. The van der Waals surface area contributed by atoms with E-state index in [1.807, 2.05) is 65.0 Å². The second-order valence-corrected chi connectivity index (χ2v) is 15.8. The number of carbonyl (C=O) groups excluding carboxylic acids is 5. The smallest absolute Gasteiger partial charge is 0.318 e. The molecule has 9 atom stereocenters. The molecular formula is C41H68N6O8. The van der Waals surface area contributed by atoms with E-state index in [0.29, 0.717) is 39.0 Å². The normalized spacial score (nSPS) is 21.3. The zero-order chi connectivity index (χ0) is 41.0. The van der Waals surface area contributed by atoms with E-state index >= 15 is 0 Å². The first-order valence-corrected chi connectivity index (χ1v) is 20.0. The number of hydrogen-bond acceptors (Lipinski definition) is 8. The molecule has 0 unspecified atom stereocenters. The Morgan fingerprint density at radius 1 is 0.964 bits per heavy atom. The van der Waals surface area contributed by atoms with Crippen molar-refractivity contribution >= 4 is 29.7 Å². The van der Waals surface area contributed by atoms with Crippen LogP contribution in [0.15, 0.2) is 30.3 Å². The number of carbonyl (C=O) groups is 5. The maximum absolute atomic E-state index is 14.3. The van der Waals surface area contributed by atoms with Gasteiger partial charge in [0.25, 0.3) is 0 Å². The zero-order valence-electron chi connectivity index (χ0n) is 34.8. The van der Waals surface area contributed by atoms with Crippen LogP contribution in [0.5, 0.6) is 0 Å². The van der Waals surface area contributed by atoms with E-state index in [-0.39, 0.29) is 66.6 Å². The summed E-state index contributed by atoms with van der Waals surface area (Å²) >= 11 is 0. The Kier molecular flexibility index (Phi) is 17.9. The molecule has 55 heavy (non-hydrogen) atoms. The monoisotopic (exact) mass is 773 g/mol. The van der Waals surface area contributed by atoms with E-state index in [1.165, 1.54) is 6.92 Å². The number of methoxy groups -OCH3 is 2. The number of ether oxygens (including phenoxy) is 2. The molecule has 0 aromatic heterocycles. The minimum absolute atomic E-state index is 0.0109. The highest BCUT2D eigenvalue weighted by atomic mass is 16.5. The lowest BCUT2D eigenvalue weighted by atomic mass is 9.89. The molecule has 0 aliphatic carbocycles. The van der Waals surface area contributed by atoms with Gasteiger partial charge in [-0.3, -0.25) is 19.2 Å². The first-order chi connectivity index (χ1) is 26.1. The van der Waals surface area contributed by atoms with Crippen molar-refractivity contribution in [1.29, 1.82) is 0 Å². The first-order valence-electron chi connectivity index (χ1n) is 20.0. The molecule has 1 aromatic rings. The number of aliphatic hydroxyl groups is 1. The van der Waals surface area contributed by atoms with Crippen molar-refractivity contribution in [2.45, 2.75) is 123 Å². The van der Waals surface area contributed by atoms with Crippen molar-refractivity contribution < 1.29 is 38.6 Å². The summed E-state index contributed by atoms with van der Waals surface area (Å²) in [6.45, 7) is 14.5. The lowest BCUT2D eigenvalue weighted by Crippen LogP contribution is -2.62. The largest absolute Gasteiger partial charge is 0.394 e. The Labute approximate surface area is 328 Å². The van der Waals surface area contributed by atoms with Gasteiger partial charge in [-0.15, -0.1) is 0 Å². The van der Waals surface area contributed by atoms with E-state index in [1.54, 1.807) is 47.8 Å². The van der Waals surface area contributed by atoms with E-state index in [2.05, 4.69) is 10.6 Å². The number of benzene rings is 1. The summed E-state index contributed by atoms with van der Waals surface area (Å²) in [7, 11) is 4.81. The van der Waals surface area contributed by atoms with E-state index in [4.69, 9.17) is 9.47 Å². The minimum atomic E-state index is -0.827. The van der Waals surface area contributed by atoms with Crippen LogP contribution in [-0.4, -0.2) is 151 Å². The fourth-order valence-corrected chi connectivity index (χ4v) is 8.19. The Morgan fingerprint density at radius 3 is 2.18 bits per heavy atom. The van der Waals surface area contributed by atoms with Crippen molar-refractivity contribution in [2.75, 3.05) is 54.1 Å². The molecule has 6 amide bonds. The summed E-state index contributed by atoms with van der Waals surface area (Å²) in [6.07, 6.45) is 1.40. The lowest BCUT2D eigenvalue weighted by Gasteiger charge is -2.42. The number of hydrogen-bond donors (Lipinski definition) is 3. The van der Waals surface area contributed by atoms with Gasteiger partial charge >= 0.3 is 6.03 Å². The van der Waals surface area contributed by atoms with Gasteiger partial charge in [0.15, 0.2) is 0 Å². The molecule has 14 heteroatoms. The molecule has 3 N–H and O–H groups in total. The Morgan fingerprint density at radius 2 is 1.64 bits per heavy atom. The van der Waals surface area contributed by atoms with Gasteiger partial charge in [0.05, 0.1) is 49.3 Å². The second-order valence-electron chi connectivity index (χ2n) is 15.8. The van der Waals surface area contributed by atoms with Gasteiger partial charge in [0.2, 0.25) is 23.6 Å². The molecule has 2 aliphatic rings. The molecule has 1 aromatic carbocycles. The zero-order valence-corrected chi connectivity index (χ0v) is 34.8. The van der Waals surface area contributed by atoms with Crippen molar-refractivity contribution in [2.24, 2.45) is 17.8 Å². The van der Waals surface area contributed by atoms with Gasteiger partial charge in [0, 0.05) is 60.4 Å². The highest BCUT2D eigenvalue weighted by Crippen LogP contribution is 2.30. The fraction of sp³-hybridized carbons (Fsp3) is 0.732. The van der Waals surface area contributed by atoms with Crippen molar-refractivity contribution in [3.63, 3.8) is 0 Å². The predicted octanol–water partition coefficient (Wildman–Crippen LogP) is 2.91. The number of nitrogens with one attached hydrogen (secondary N) is 2. The number of amides is 6. The molecule has 0 saturated carbocycles. The molecule has 0 radical (unpaired) electrons. The van der Waals surface area contributed by atoms with Gasteiger partial charge in [-0.25, -0.2) is 4.79 Å². The third-order valence-corrected chi connectivity index (χ3v) is 11.7. The molecule has 2 aliphatic heterocycles. The summed E-state index contributed by atoms with van der Waals surface area (Å²) in [5, 5.41) is 16.0. The molecule has 310 valence electrons. The molecule has 0 spiro atoms. The van der Waals surface area contributed by atoms with Crippen LogP contribution >= 0.6 is 0 Å². The second kappa shape index (κ2) is 21.5. The number of rotatable bonds is 18. The number of piperazine rings is 1. The molecule has 2 saturated heterocycles. The average Bonchev–Trinajstić information content (AvgIpc) is 3.65. The van der Waals surface area contributed by atoms with Gasteiger partial charge in [-0.05, 0) is 43.6 Å². The van der Waals surface area contributed by atoms with E-state index in [0.717, 1.165) is 18.4 Å². The van der Waals surface area contributed by atoms with Gasteiger partial charge in [0.1, 0.15) is 6.04 Å². The van der Waals surface area contributed by atoms with Crippen LogP contribution in [0.3, 0.4) is 0 Å². The molecule has 14 nitrogen and oxygen atoms in total. The standard InChI is InChI=1S/C41H68N6O8/c1-11-27(4)37(44(8)40(52)36(26(2)3)43-41(53)46-21-20-45(30(7)49)24-28(46)5)34(54-9)23-35(50)47-19-15-18-33(47)38(55-10)29(6)39(51)42-32(25-48)22-31-16-13-12-14-17-31/h12-14,16-17,26-29,32-34,36-38,48H,11,15,18-25H2,1-10H3,(H,42,51)(H,43,53)/t27-,28-,29+,32-,33-,34-,36-,37-,38+/m0/s1. The summed E-state index contributed by atoms with van der Waals surface area (Å²) in [4.78, 5) is 74.2. The molecule has 3 rings (SSSR count). The van der Waals surface area contributed by atoms with Crippen molar-refractivity contribution in [3.05, 3.63) is 35.9 Å². The van der Waals surface area contributed by atoms with Crippen LogP contribution in [0, 0.1) is 17.8 Å². The molecule has 0 bridgehead atoms. The number of urea groups is 1. The SMILES string of the molecule is CC[C@H](C)[C@@H]([C@H](CC(=O)N1CCC[C@H]1[C@H](OC)[C@@H](C)C(=O)N[C@H](CO)Cc1ccccc1)OC)N(C)C(=O)[C@@H](NC(=O)N1CCN(C(C)=O)C[C@@H]1C)C(C)C. The third kappa shape index (κ3) is 11.9. The molecular weight excluding hydrogens is 704 g/mol. The predicted molar refractivity (Wildman–Crippen MR) is 211 cm³/mol. The summed E-state index contributed by atoms with van der Waals surface area (Å²) in [5.41, 5.74) is 1.00. The summed E-state index contributed by atoms with van der Waals surface area (Å²) in [6, 6.07) is 6.97. The Hall–Kier alpha value is -3.75. The highest BCUT2D eigenvalue weighted by Gasteiger charge is 2.43. The summed E-state index contributed by atoms with van der Waals surface area (Å²) in [5.74, 6) is -1.59. The van der Waals surface area contributed by atoms with Crippen LogP contribution in [0.2, 0.25) is 0 Å². The number of aliphatic hydroxyl groups excluding tert-OH is 1. The van der Waals surface area contributed by atoms with Gasteiger partial charge in [-0.2, -0.15) is 0 Å². The maximum atomic E-state index is 14.3. The highest BCUT2D eigenvalue weighted by molar-refractivity contribution is 5.88. The Balaban J connectivity index is 1.73. The van der Waals surface area contributed by atoms with Crippen molar-refractivity contribution in [3.8, 4) is 0 Å². The molecule has 2 heterocycles. The number of likely N-dealkylation sites (N-methyl/N-ethyl adjacent to an activating group) is 1. The van der Waals surface area contributed by atoms with Crippen LogP contribution in [-0.2, 0) is 35.1 Å². The summed E-state index contributed by atoms with van der Waals surface area (Å²) < 4.78 is 11.9. The molecule has 2 fully saturated rings. The number of likely N-dealkylation sites (tertiary alicyclic amines) is 1. The maximum Gasteiger partial charge on any atom is 0.318 e. The fourth-order valence-electron chi connectivity index (χ4n) is 8.19. The first kappa shape index (κ1) is 45.6. The van der Waals surface area contributed by atoms with Crippen LogP contribution in [0.4, 0.5) is 4.79 Å². The van der Waals surface area contributed by atoms with E-state index < -0.39 is 36.3 Å². The van der Waals surface area contributed by atoms with Crippen LogP contribution in [0.1, 0.15) is 79.7 Å². The van der Waals surface area contributed by atoms with E-state index in [9.17, 15) is 29.1 Å². The van der Waals surface area contributed by atoms with Crippen molar-refractivity contribution in [1.82, 2.24) is 30.2 Å². The van der Waals surface area contributed by atoms with Crippen LogP contribution < -0.4 is 10.6 Å². The minimum Gasteiger partial charge on any atom is -0.394 e. The third-order valence-electron chi connectivity index (χ3n) is 11.7.